The molecule has 2 aromatic rings. The number of alkyl halides is 1. The molecule has 0 radical (unpaired) electrons. The standard InChI is InChI=1S/C12H8BrClN2O3/c13-10-2-1-3-11(16(17)18)12(10)19-9-4-8(5-14)6-15-7-9/h1-4,6-7H,5H2. The number of rotatable bonds is 4. The molecule has 1 aromatic carbocycles. The summed E-state index contributed by atoms with van der Waals surface area (Å²) in [5.41, 5.74) is 0.652. The van der Waals surface area contributed by atoms with E-state index >= 15 is 0 Å². The molecule has 0 N–H and O–H groups in total. The number of ether oxygens (including phenoxy) is 1. The van der Waals surface area contributed by atoms with Gasteiger partial charge in [-0.3, -0.25) is 15.1 Å². The summed E-state index contributed by atoms with van der Waals surface area (Å²) in [6.45, 7) is 0. The highest BCUT2D eigenvalue weighted by Crippen LogP contribution is 2.37. The van der Waals surface area contributed by atoms with Crippen LogP contribution in [0, 0.1) is 10.1 Å². The van der Waals surface area contributed by atoms with Gasteiger partial charge in [0.2, 0.25) is 5.75 Å². The molecule has 0 atom stereocenters. The molecule has 0 fully saturated rings. The van der Waals surface area contributed by atoms with Crippen molar-refractivity contribution in [2.75, 3.05) is 0 Å². The fourth-order valence-electron chi connectivity index (χ4n) is 1.45. The third-order valence-corrected chi connectivity index (χ3v) is 3.22. The Balaban J connectivity index is 2.40. The van der Waals surface area contributed by atoms with Crippen molar-refractivity contribution >= 4 is 33.2 Å². The third kappa shape index (κ3) is 3.21. The predicted molar refractivity (Wildman–Crippen MR) is 74.7 cm³/mol. The van der Waals surface area contributed by atoms with Crippen molar-refractivity contribution < 1.29 is 9.66 Å². The Bertz CT molecular complexity index is 622. The van der Waals surface area contributed by atoms with Gasteiger partial charge in [0, 0.05) is 18.1 Å². The van der Waals surface area contributed by atoms with Crippen molar-refractivity contribution in [1.29, 1.82) is 0 Å². The Morgan fingerprint density at radius 1 is 1.42 bits per heavy atom. The predicted octanol–water partition coefficient (Wildman–Crippen LogP) is 4.28. The summed E-state index contributed by atoms with van der Waals surface area (Å²) >= 11 is 8.93. The minimum Gasteiger partial charge on any atom is -0.447 e. The summed E-state index contributed by atoms with van der Waals surface area (Å²) in [6, 6.07) is 6.30. The average molecular weight is 344 g/mol. The number of nitrogens with zero attached hydrogens (tertiary/aromatic N) is 2. The van der Waals surface area contributed by atoms with Gasteiger partial charge in [-0.25, -0.2) is 0 Å². The maximum absolute atomic E-state index is 11.0. The van der Waals surface area contributed by atoms with Crippen molar-refractivity contribution in [3.8, 4) is 11.5 Å². The monoisotopic (exact) mass is 342 g/mol. The minimum atomic E-state index is -0.501. The molecule has 0 bridgehead atoms. The highest BCUT2D eigenvalue weighted by molar-refractivity contribution is 9.10. The minimum absolute atomic E-state index is 0.120. The molecule has 0 aliphatic rings. The molecule has 0 amide bonds. The van der Waals surface area contributed by atoms with E-state index in [2.05, 4.69) is 20.9 Å². The average Bonchev–Trinajstić information content (AvgIpc) is 2.41. The van der Waals surface area contributed by atoms with Gasteiger partial charge in [0.25, 0.3) is 0 Å². The Kier molecular flexibility index (Phi) is 4.34. The smallest absolute Gasteiger partial charge is 0.312 e. The molecule has 2 rings (SSSR count). The molecule has 0 aliphatic heterocycles. The van der Waals surface area contributed by atoms with Crippen molar-refractivity contribution in [2.45, 2.75) is 5.88 Å². The molecule has 0 spiro atoms. The van der Waals surface area contributed by atoms with E-state index in [4.69, 9.17) is 16.3 Å². The SMILES string of the molecule is O=[N+]([O-])c1cccc(Br)c1Oc1cncc(CCl)c1. The van der Waals surface area contributed by atoms with Gasteiger partial charge in [-0.2, -0.15) is 0 Å². The molecule has 0 unspecified atom stereocenters. The number of nitro groups is 1. The van der Waals surface area contributed by atoms with E-state index in [0.29, 0.717) is 16.1 Å². The van der Waals surface area contributed by atoms with Crippen molar-refractivity contribution in [1.82, 2.24) is 4.98 Å². The van der Waals surface area contributed by atoms with E-state index in [9.17, 15) is 10.1 Å². The lowest BCUT2D eigenvalue weighted by atomic mass is 10.3. The van der Waals surface area contributed by atoms with E-state index in [1.165, 1.54) is 12.3 Å². The first kappa shape index (κ1) is 13.8. The van der Waals surface area contributed by atoms with Crippen LogP contribution in [-0.4, -0.2) is 9.91 Å². The number of aromatic nitrogens is 1. The summed E-state index contributed by atoms with van der Waals surface area (Å²) in [4.78, 5) is 14.4. The Morgan fingerprint density at radius 3 is 2.89 bits per heavy atom. The van der Waals surface area contributed by atoms with Gasteiger partial charge >= 0.3 is 5.69 Å². The molecular formula is C12H8BrClN2O3. The summed E-state index contributed by atoms with van der Waals surface area (Å²) < 4.78 is 6.03. The first-order valence-corrected chi connectivity index (χ1v) is 6.55. The number of pyridine rings is 1. The van der Waals surface area contributed by atoms with Gasteiger partial charge in [0.15, 0.2) is 0 Å². The molecule has 0 aliphatic carbocycles. The van der Waals surface area contributed by atoms with Gasteiger partial charge in [-0.05, 0) is 33.6 Å². The molecular weight excluding hydrogens is 336 g/mol. The fourth-order valence-corrected chi connectivity index (χ4v) is 2.04. The van der Waals surface area contributed by atoms with E-state index in [0.717, 1.165) is 5.56 Å². The third-order valence-electron chi connectivity index (χ3n) is 2.29. The van der Waals surface area contributed by atoms with Crippen LogP contribution >= 0.6 is 27.5 Å². The Labute approximate surface area is 122 Å². The van der Waals surface area contributed by atoms with E-state index < -0.39 is 4.92 Å². The summed E-state index contributed by atoms with van der Waals surface area (Å²) in [6.07, 6.45) is 3.08. The Morgan fingerprint density at radius 2 is 2.21 bits per heavy atom. The fraction of sp³-hybridized carbons (Fsp3) is 0.0833. The lowest BCUT2D eigenvalue weighted by Gasteiger charge is -2.08. The first-order valence-electron chi connectivity index (χ1n) is 5.22. The van der Waals surface area contributed by atoms with Crippen LogP contribution in [0.25, 0.3) is 0 Å². The van der Waals surface area contributed by atoms with Crippen LogP contribution in [0.4, 0.5) is 5.69 Å². The van der Waals surface area contributed by atoms with Crippen LogP contribution in [0.2, 0.25) is 0 Å². The molecule has 98 valence electrons. The normalized spacial score (nSPS) is 10.2. The summed E-state index contributed by atoms with van der Waals surface area (Å²) in [5, 5.41) is 11.0. The zero-order valence-corrected chi connectivity index (χ0v) is 11.9. The molecule has 7 heteroatoms. The van der Waals surface area contributed by atoms with Crippen LogP contribution in [0.3, 0.4) is 0 Å². The van der Waals surface area contributed by atoms with Gasteiger partial charge in [-0.1, -0.05) is 6.07 Å². The quantitative estimate of drug-likeness (QED) is 0.472. The van der Waals surface area contributed by atoms with Gasteiger partial charge in [0.1, 0.15) is 5.75 Å². The number of halogens is 2. The number of hydrogen-bond acceptors (Lipinski definition) is 4. The van der Waals surface area contributed by atoms with Crippen LogP contribution < -0.4 is 4.74 Å². The maximum atomic E-state index is 11.0. The largest absolute Gasteiger partial charge is 0.447 e. The van der Waals surface area contributed by atoms with Crippen LogP contribution in [0.1, 0.15) is 5.56 Å². The second kappa shape index (κ2) is 5.99. The van der Waals surface area contributed by atoms with Crippen LogP contribution in [0.5, 0.6) is 11.5 Å². The van der Waals surface area contributed by atoms with Gasteiger partial charge < -0.3 is 4.74 Å². The molecule has 1 aromatic heterocycles. The summed E-state index contributed by atoms with van der Waals surface area (Å²) in [7, 11) is 0. The zero-order chi connectivity index (χ0) is 13.8. The second-order valence-corrected chi connectivity index (χ2v) is 4.73. The molecule has 1 heterocycles. The molecule has 0 saturated heterocycles. The second-order valence-electron chi connectivity index (χ2n) is 3.61. The summed E-state index contributed by atoms with van der Waals surface area (Å²) in [5.74, 6) is 0.830. The van der Waals surface area contributed by atoms with Gasteiger partial charge in [-0.15, -0.1) is 11.6 Å². The molecule has 0 saturated carbocycles. The van der Waals surface area contributed by atoms with Crippen LogP contribution in [-0.2, 0) is 5.88 Å². The molecule has 19 heavy (non-hydrogen) atoms. The van der Waals surface area contributed by atoms with Gasteiger partial charge in [0.05, 0.1) is 15.6 Å². The lowest BCUT2D eigenvalue weighted by molar-refractivity contribution is -0.385. The zero-order valence-electron chi connectivity index (χ0n) is 9.55. The van der Waals surface area contributed by atoms with E-state index in [-0.39, 0.29) is 11.4 Å². The number of hydrogen-bond donors (Lipinski definition) is 0. The first-order chi connectivity index (χ1) is 9.11. The van der Waals surface area contributed by atoms with E-state index in [1.54, 1.807) is 24.4 Å². The van der Waals surface area contributed by atoms with Crippen molar-refractivity contribution in [3.63, 3.8) is 0 Å². The van der Waals surface area contributed by atoms with Crippen molar-refractivity contribution in [2.24, 2.45) is 0 Å². The molecule has 5 nitrogen and oxygen atoms in total. The topological polar surface area (TPSA) is 65.3 Å². The lowest BCUT2D eigenvalue weighted by Crippen LogP contribution is -1.95. The highest BCUT2D eigenvalue weighted by atomic mass is 79.9. The Hall–Kier alpha value is -1.66. The maximum Gasteiger partial charge on any atom is 0.312 e. The number of benzene rings is 1. The van der Waals surface area contributed by atoms with Crippen LogP contribution in [0.15, 0.2) is 41.1 Å². The highest BCUT2D eigenvalue weighted by Gasteiger charge is 2.18. The number of para-hydroxylation sites is 1. The number of nitro benzene ring substituents is 1. The van der Waals surface area contributed by atoms with E-state index in [1.807, 2.05) is 0 Å². The van der Waals surface area contributed by atoms with Crippen molar-refractivity contribution in [3.05, 3.63) is 56.8 Å².